The number of aromatic nitrogens is 1. The molecular weight excluding hydrogens is 329 g/mol. The number of rotatable bonds is 6. The largest absolute Gasteiger partial charge is 0.361 e. The third-order valence-electron chi connectivity index (χ3n) is 4.41. The molecule has 2 amide bonds. The van der Waals surface area contributed by atoms with Crippen LogP contribution in [0.4, 0.5) is 9.18 Å². The van der Waals surface area contributed by atoms with E-state index in [4.69, 9.17) is 0 Å². The second-order valence-electron chi connectivity index (χ2n) is 6.88. The molecule has 3 aromatic rings. The maximum Gasteiger partial charge on any atom is 0.314 e. The second kappa shape index (κ2) is 8.04. The summed E-state index contributed by atoms with van der Waals surface area (Å²) in [4.78, 5) is 15.4. The number of nitrogens with one attached hydrogen (secondary N) is 3. The van der Waals surface area contributed by atoms with Crippen molar-refractivity contribution in [3.63, 3.8) is 0 Å². The molecule has 4 nitrogen and oxygen atoms in total. The summed E-state index contributed by atoms with van der Waals surface area (Å²) in [5, 5.41) is 6.91. The van der Waals surface area contributed by atoms with Gasteiger partial charge in [0.05, 0.1) is 0 Å². The van der Waals surface area contributed by atoms with Crippen LogP contribution in [0.5, 0.6) is 0 Å². The zero-order valence-electron chi connectivity index (χ0n) is 15.1. The smallest absolute Gasteiger partial charge is 0.314 e. The zero-order chi connectivity index (χ0) is 18.5. The van der Waals surface area contributed by atoms with Crippen LogP contribution in [-0.4, -0.2) is 24.1 Å². The van der Waals surface area contributed by atoms with Gasteiger partial charge in [-0.1, -0.05) is 44.2 Å². The summed E-state index contributed by atoms with van der Waals surface area (Å²) in [5.74, 6) is 0.0490. The molecule has 1 heterocycles. The maximum atomic E-state index is 13.3. The Labute approximate surface area is 152 Å². The highest BCUT2D eigenvalue weighted by Gasteiger charge is 2.19. The number of hydrogen-bond acceptors (Lipinski definition) is 1. The van der Waals surface area contributed by atoms with Gasteiger partial charge in [0, 0.05) is 36.1 Å². The number of halogens is 1. The predicted octanol–water partition coefficient (Wildman–Crippen LogP) is 4.39. The Morgan fingerprint density at radius 3 is 2.46 bits per heavy atom. The molecule has 2 aromatic carbocycles. The summed E-state index contributed by atoms with van der Waals surface area (Å²) >= 11 is 0. The lowest BCUT2D eigenvalue weighted by Crippen LogP contribution is -2.39. The van der Waals surface area contributed by atoms with Gasteiger partial charge in [-0.05, 0) is 35.2 Å². The number of hydrogen-bond donors (Lipinski definition) is 3. The number of para-hydroxylation sites is 1. The van der Waals surface area contributed by atoms with Gasteiger partial charge in [-0.25, -0.2) is 9.18 Å². The molecule has 0 aliphatic carbocycles. The summed E-state index contributed by atoms with van der Waals surface area (Å²) in [7, 11) is 0. The molecule has 0 saturated carbocycles. The normalized spacial score (nSPS) is 12.3. The van der Waals surface area contributed by atoms with E-state index >= 15 is 0 Å². The van der Waals surface area contributed by atoms with Crippen LogP contribution in [0, 0.1) is 11.7 Å². The molecular formula is C21H24FN3O. The SMILES string of the molecule is CC(C)CNC(=O)NC[C@H](c1ccc(F)cc1)c1c[nH]c2ccccc12. The third-order valence-corrected chi connectivity index (χ3v) is 4.41. The van der Waals surface area contributed by atoms with Crippen LogP contribution in [0.15, 0.2) is 54.7 Å². The minimum Gasteiger partial charge on any atom is -0.361 e. The summed E-state index contributed by atoms with van der Waals surface area (Å²) in [6, 6.07) is 14.3. The van der Waals surface area contributed by atoms with Crippen molar-refractivity contribution in [1.82, 2.24) is 15.6 Å². The Balaban J connectivity index is 1.85. The van der Waals surface area contributed by atoms with E-state index in [0.717, 1.165) is 22.0 Å². The molecule has 0 unspecified atom stereocenters. The summed E-state index contributed by atoms with van der Waals surface area (Å²) < 4.78 is 13.3. The van der Waals surface area contributed by atoms with Crippen molar-refractivity contribution in [1.29, 1.82) is 0 Å². The van der Waals surface area contributed by atoms with Gasteiger partial charge in [0.15, 0.2) is 0 Å². The first-order valence-corrected chi connectivity index (χ1v) is 8.87. The molecule has 0 spiro atoms. The molecule has 0 fully saturated rings. The average molecular weight is 353 g/mol. The van der Waals surface area contributed by atoms with Gasteiger partial charge in [0.2, 0.25) is 0 Å². The number of fused-ring (bicyclic) bond motifs is 1. The molecule has 1 atom stereocenters. The maximum absolute atomic E-state index is 13.3. The van der Waals surface area contributed by atoms with Gasteiger partial charge in [-0.3, -0.25) is 0 Å². The van der Waals surface area contributed by atoms with E-state index in [1.165, 1.54) is 12.1 Å². The lowest BCUT2D eigenvalue weighted by atomic mass is 9.91. The summed E-state index contributed by atoms with van der Waals surface area (Å²) in [5.41, 5.74) is 3.08. The van der Waals surface area contributed by atoms with E-state index in [9.17, 15) is 9.18 Å². The Kier molecular flexibility index (Phi) is 5.56. The van der Waals surface area contributed by atoms with Crippen LogP contribution in [0.3, 0.4) is 0 Å². The van der Waals surface area contributed by atoms with Crippen molar-refractivity contribution in [3.8, 4) is 0 Å². The molecule has 0 aliphatic heterocycles. The van der Waals surface area contributed by atoms with Gasteiger partial charge >= 0.3 is 6.03 Å². The van der Waals surface area contributed by atoms with Crippen LogP contribution in [-0.2, 0) is 0 Å². The Hall–Kier alpha value is -2.82. The van der Waals surface area contributed by atoms with Crippen molar-refractivity contribution < 1.29 is 9.18 Å². The number of aromatic amines is 1. The van der Waals surface area contributed by atoms with E-state index in [0.29, 0.717) is 19.0 Å². The van der Waals surface area contributed by atoms with E-state index < -0.39 is 0 Å². The first kappa shape index (κ1) is 18.0. The standard InChI is InChI=1S/C21H24FN3O/c1-14(2)11-24-21(26)25-12-18(15-7-9-16(22)10-8-15)19-13-23-20-6-4-3-5-17(19)20/h3-10,13-14,18,23H,11-12H2,1-2H3,(H2,24,25,26)/t18-/m1/s1. The van der Waals surface area contributed by atoms with E-state index in [-0.39, 0.29) is 17.8 Å². The van der Waals surface area contributed by atoms with Gasteiger partial charge in [0.25, 0.3) is 0 Å². The van der Waals surface area contributed by atoms with Crippen molar-refractivity contribution in [2.45, 2.75) is 19.8 Å². The van der Waals surface area contributed by atoms with E-state index in [1.54, 1.807) is 12.1 Å². The molecule has 5 heteroatoms. The molecule has 0 radical (unpaired) electrons. The van der Waals surface area contributed by atoms with E-state index in [1.807, 2.05) is 38.2 Å². The molecule has 3 rings (SSSR count). The van der Waals surface area contributed by atoms with Crippen LogP contribution in [0.1, 0.15) is 30.9 Å². The molecule has 0 aliphatic rings. The van der Waals surface area contributed by atoms with Gasteiger partial charge in [-0.15, -0.1) is 0 Å². The number of carbonyl (C=O) groups is 1. The molecule has 0 saturated heterocycles. The monoisotopic (exact) mass is 353 g/mol. The van der Waals surface area contributed by atoms with Crippen molar-refractivity contribution >= 4 is 16.9 Å². The minimum absolute atomic E-state index is 0.0726. The molecule has 1 aromatic heterocycles. The highest BCUT2D eigenvalue weighted by molar-refractivity contribution is 5.84. The topological polar surface area (TPSA) is 56.9 Å². The minimum atomic E-state index is -0.269. The number of amides is 2. The summed E-state index contributed by atoms with van der Waals surface area (Å²) in [6.45, 7) is 5.15. The fraction of sp³-hybridized carbons (Fsp3) is 0.286. The third kappa shape index (κ3) is 4.23. The van der Waals surface area contributed by atoms with Crippen molar-refractivity contribution in [3.05, 3.63) is 71.7 Å². The van der Waals surface area contributed by atoms with Crippen LogP contribution >= 0.6 is 0 Å². The first-order valence-electron chi connectivity index (χ1n) is 8.87. The van der Waals surface area contributed by atoms with Crippen LogP contribution < -0.4 is 10.6 Å². The lowest BCUT2D eigenvalue weighted by molar-refractivity contribution is 0.239. The fourth-order valence-corrected chi connectivity index (χ4v) is 3.04. The number of benzene rings is 2. The highest BCUT2D eigenvalue weighted by Crippen LogP contribution is 2.30. The second-order valence-corrected chi connectivity index (χ2v) is 6.88. The molecule has 26 heavy (non-hydrogen) atoms. The van der Waals surface area contributed by atoms with Gasteiger partial charge < -0.3 is 15.6 Å². The lowest BCUT2D eigenvalue weighted by Gasteiger charge is -2.19. The predicted molar refractivity (Wildman–Crippen MR) is 103 cm³/mol. The number of H-pyrrole nitrogens is 1. The Morgan fingerprint density at radius 1 is 1.04 bits per heavy atom. The number of urea groups is 1. The van der Waals surface area contributed by atoms with E-state index in [2.05, 4.69) is 21.7 Å². The number of carbonyl (C=O) groups excluding carboxylic acids is 1. The van der Waals surface area contributed by atoms with Gasteiger partial charge in [0.1, 0.15) is 5.82 Å². The average Bonchev–Trinajstić information content (AvgIpc) is 3.06. The zero-order valence-corrected chi connectivity index (χ0v) is 15.1. The molecule has 0 bridgehead atoms. The van der Waals surface area contributed by atoms with Crippen molar-refractivity contribution in [2.24, 2.45) is 5.92 Å². The quantitative estimate of drug-likeness (QED) is 0.605. The van der Waals surface area contributed by atoms with Crippen LogP contribution in [0.25, 0.3) is 10.9 Å². The van der Waals surface area contributed by atoms with Crippen molar-refractivity contribution in [2.75, 3.05) is 13.1 Å². The molecule has 3 N–H and O–H groups in total. The molecule has 136 valence electrons. The first-order chi connectivity index (χ1) is 12.5. The fourth-order valence-electron chi connectivity index (χ4n) is 3.04. The Bertz CT molecular complexity index is 870. The highest BCUT2D eigenvalue weighted by atomic mass is 19.1. The Morgan fingerprint density at radius 2 is 1.73 bits per heavy atom. The van der Waals surface area contributed by atoms with Gasteiger partial charge in [-0.2, -0.15) is 0 Å². The van der Waals surface area contributed by atoms with Crippen LogP contribution in [0.2, 0.25) is 0 Å². The summed E-state index contributed by atoms with van der Waals surface area (Å²) in [6.07, 6.45) is 1.96.